The fraction of sp³-hybridized carbons (Fsp3) is 0.167. The third-order valence-electron chi connectivity index (χ3n) is 1.53. The number of aromatic nitrogens is 1. The van der Waals surface area contributed by atoms with Crippen LogP contribution in [0.15, 0.2) is 17.2 Å². The number of sulfonamides is 1. The third-order valence-corrected chi connectivity index (χ3v) is 3.20. The van der Waals surface area contributed by atoms with Gasteiger partial charge in [0.15, 0.2) is 5.82 Å². The summed E-state index contributed by atoms with van der Waals surface area (Å²) in [6, 6.07) is 1.26. The number of anilines is 1. The van der Waals surface area contributed by atoms with Crippen LogP contribution in [0.2, 0.25) is 5.02 Å². The zero-order valence-corrected chi connectivity index (χ0v) is 8.85. The Kier molecular flexibility index (Phi) is 3.27. The normalized spacial score (nSPS) is 11.4. The molecule has 0 saturated heterocycles. The topological polar surface area (TPSA) is 97.1 Å². The van der Waals surface area contributed by atoms with Crippen LogP contribution in [0.3, 0.4) is 0 Å². The van der Waals surface area contributed by atoms with Crippen molar-refractivity contribution < 1.29 is 8.42 Å². The fourth-order valence-corrected chi connectivity index (χ4v) is 1.78. The summed E-state index contributed by atoms with van der Waals surface area (Å²) in [7, 11) is -2.21. The number of pyridine rings is 1. The van der Waals surface area contributed by atoms with E-state index in [9.17, 15) is 8.42 Å². The van der Waals surface area contributed by atoms with Crippen LogP contribution < -0.4 is 16.0 Å². The van der Waals surface area contributed by atoms with Crippen LogP contribution >= 0.6 is 11.6 Å². The van der Waals surface area contributed by atoms with Crippen molar-refractivity contribution in [3.63, 3.8) is 0 Å². The standard InChI is InChI=1S/C6H9ClN4O2S/c1-9-14(12,13)4-2-5(7)6(11-8)10-3-4/h2-3,9H,8H2,1H3,(H,10,11). The van der Waals surface area contributed by atoms with E-state index in [1.54, 1.807) is 0 Å². The minimum Gasteiger partial charge on any atom is -0.307 e. The van der Waals surface area contributed by atoms with Gasteiger partial charge < -0.3 is 5.43 Å². The quantitative estimate of drug-likeness (QED) is 0.504. The molecule has 1 aromatic heterocycles. The molecular formula is C6H9ClN4O2S. The molecule has 0 aliphatic rings. The molecule has 14 heavy (non-hydrogen) atoms. The van der Waals surface area contributed by atoms with Gasteiger partial charge in [-0.1, -0.05) is 11.6 Å². The molecule has 1 heterocycles. The average Bonchev–Trinajstić information content (AvgIpc) is 2.17. The summed E-state index contributed by atoms with van der Waals surface area (Å²) in [6.07, 6.45) is 1.16. The average molecular weight is 237 g/mol. The van der Waals surface area contributed by atoms with Crippen molar-refractivity contribution in [1.29, 1.82) is 0 Å². The number of hydrogen-bond acceptors (Lipinski definition) is 5. The number of hydrazine groups is 1. The van der Waals surface area contributed by atoms with Crippen molar-refractivity contribution in [2.45, 2.75) is 4.90 Å². The van der Waals surface area contributed by atoms with E-state index in [0.29, 0.717) is 0 Å². The maximum atomic E-state index is 11.3. The van der Waals surface area contributed by atoms with Crippen LogP contribution in [0, 0.1) is 0 Å². The molecule has 0 spiro atoms. The molecule has 4 N–H and O–H groups in total. The second-order valence-corrected chi connectivity index (χ2v) is 4.65. The van der Waals surface area contributed by atoms with Gasteiger partial charge in [0.2, 0.25) is 10.0 Å². The van der Waals surface area contributed by atoms with E-state index in [-0.39, 0.29) is 15.7 Å². The molecule has 1 aromatic rings. The molecular weight excluding hydrogens is 228 g/mol. The van der Waals surface area contributed by atoms with Crippen molar-refractivity contribution in [2.75, 3.05) is 12.5 Å². The van der Waals surface area contributed by atoms with E-state index in [1.165, 1.54) is 13.1 Å². The predicted molar refractivity (Wildman–Crippen MR) is 53.3 cm³/mol. The number of halogens is 1. The Morgan fingerprint density at radius 2 is 2.21 bits per heavy atom. The van der Waals surface area contributed by atoms with E-state index in [2.05, 4.69) is 15.1 Å². The molecule has 0 fully saturated rings. The second kappa shape index (κ2) is 4.09. The molecule has 8 heteroatoms. The first kappa shape index (κ1) is 11.2. The summed E-state index contributed by atoms with van der Waals surface area (Å²) < 4.78 is 24.7. The van der Waals surface area contributed by atoms with Gasteiger partial charge in [-0.2, -0.15) is 0 Å². The molecule has 0 bridgehead atoms. The van der Waals surface area contributed by atoms with Crippen molar-refractivity contribution in [3.8, 4) is 0 Å². The maximum Gasteiger partial charge on any atom is 0.241 e. The van der Waals surface area contributed by atoms with Crippen molar-refractivity contribution in [2.24, 2.45) is 5.84 Å². The Morgan fingerprint density at radius 1 is 1.57 bits per heavy atom. The van der Waals surface area contributed by atoms with E-state index in [0.717, 1.165) is 6.20 Å². The van der Waals surface area contributed by atoms with E-state index in [1.807, 2.05) is 0 Å². The first-order chi connectivity index (χ1) is 6.51. The molecule has 0 radical (unpaired) electrons. The lowest BCUT2D eigenvalue weighted by atomic mass is 10.5. The molecule has 6 nitrogen and oxygen atoms in total. The van der Waals surface area contributed by atoms with Crippen molar-refractivity contribution in [1.82, 2.24) is 9.71 Å². The van der Waals surface area contributed by atoms with Crippen molar-refractivity contribution in [3.05, 3.63) is 17.3 Å². The number of nitrogens with zero attached hydrogens (tertiary/aromatic N) is 1. The minimum absolute atomic E-state index is 0.0102. The summed E-state index contributed by atoms with van der Waals surface area (Å²) in [5.41, 5.74) is 2.23. The number of rotatable bonds is 3. The van der Waals surface area contributed by atoms with Gasteiger partial charge in [0, 0.05) is 6.20 Å². The molecule has 0 aliphatic heterocycles. The lowest BCUT2D eigenvalue weighted by Crippen LogP contribution is -2.19. The predicted octanol–water partition coefficient (Wildman–Crippen LogP) is -0.0713. The van der Waals surface area contributed by atoms with Crippen LogP contribution in [0.4, 0.5) is 5.82 Å². The highest BCUT2D eigenvalue weighted by Crippen LogP contribution is 2.21. The second-order valence-electron chi connectivity index (χ2n) is 2.35. The summed E-state index contributed by atoms with van der Waals surface area (Å²) in [4.78, 5) is 3.71. The lowest BCUT2D eigenvalue weighted by Gasteiger charge is -2.05. The van der Waals surface area contributed by atoms with E-state index in [4.69, 9.17) is 17.4 Å². The van der Waals surface area contributed by atoms with Crippen LogP contribution in [0.1, 0.15) is 0 Å². The SMILES string of the molecule is CNS(=O)(=O)c1cnc(NN)c(Cl)c1. The molecule has 0 amide bonds. The molecule has 78 valence electrons. The smallest absolute Gasteiger partial charge is 0.241 e. The summed E-state index contributed by atoms with van der Waals surface area (Å²) in [6.45, 7) is 0. The highest BCUT2D eigenvalue weighted by molar-refractivity contribution is 7.89. The fourth-order valence-electron chi connectivity index (χ4n) is 0.791. The van der Waals surface area contributed by atoms with Gasteiger partial charge in [-0.3, -0.25) is 0 Å². The lowest BCUT2D eigenvalue weighted by molar-refractivity contribution is 0.588. The monoisotopic (exact) mass is 236 g/mol. The van der Waals surface area contributed by atoms with Crippen LogP contribution in [-0.4, -0.2) is 20.4 Å². The van der Waals surface area contributed by atoms with Gasteiger partial charge in [-0.25, -0.2) is 24.0 Å². The summed E-state index contributed by atoms with van der Waals surface area (Å²) >= 11 is 5.70. The number of nitrogen functional groups attached to an aromatic ring is 1. The van der Waals surface area contributed by atoms with E-state index >= 15 is 0 Å². The van der Waals surface area contributed by atoms with Crippen LogP contribution in [-0.2, 0) is 10.0 Å². The number of hydrogen-bond donors (Lipinski definition) is 3. The maximum absolute atomic E-state index is 11.3. The molecule has 0 unspecified atom stereocenters. The van der Waals surface area contributed by atoms with Crippen LogP contribution in [0.25, 0.3) is 0 Å². The summed E-state index contributed by atoms with van der Waals surface area (Å²) in [5, 5.41) is 0.142. The van der Waals surface area contributed by atoms with Crippen molar-refractivity contribution >= 4 is 27.4 Å². The van der Waals surface area contributed by atoms with Gasteiger partial charge in [0.05, 0.1) is 5.02 Å². The Hall–Kier alpha value is -0.890. The molecule has 0 aromatic carbocycles. The van der Waals surface area contributed by atoms with Gasteiger partial charge >= 0.3 is 0 Å². The Labute approximate surface area is 86.5 Å². The molecule has 0 aliphatic carbocycles. The zero-order valence-electron chi connectivity index (χ0n) is 7.28. The summed E-state index contributed by atoms with van der Waals surface area (Å²) in [5.74, 6) is 5.30. The molecule has 0 saturated carbocycles. The number of nitrogens with one attached hydrogen (secondary N) is 2. The Bertz CT molecular complexity index is 433. The first-order valence-electron chi connectivity index (χ1n) is 3.57. The highest BCUT2D eigenvalue weighted by atomic mass is 35.5. The van der Waals surface area contributed by atoms with Gasteiger partial charge in [-0.05, 0) is 13.1 Å². The number of nitrogens with two attached hydrogens (primary N) is 1. The third kappa shape index (κ3) is 2.13. The molecule has 0 atom stereocenters. The minimum atomic E-state index is -3.51. The van der Waals surface area contributed by atoms with Gasteiger partial charge in [0.25, 0.3) is 0 Å². The van der Waals surface area contributed by atoms with Crippen LogP contribution in [0.5, 0.6) is 0 Å². The van der Waals surface area contributed by atoms with E-state index < -0.39 is 10.0 Å². The van der Waals surface area contributed by atoms with Gasteiger partial charge in [-0.15, -0.1) is 0 Å². The highest BCUT2D eigenvalue weighted by Gasteiger charge is 2.13. The zero-order chi connectivity index (χ0) is 10.8. The first-order valence-corrected chi connectivity index (χ1v) is 5.43. The molecule has 1 rings (SSSR count). The Morgan fingerprint density at radius 3 is 2.64 bits per heavy atom. The Balaban J connectivity index is 3.22. The van der Waals surface area contributed by atoms with Gasteiger partial charge in [0.1, 0.15) is 4.90 Å². The largest absolute Gasteiger partial charge is 0.307 e.